The van der Waals surface area contributed by atoms with Gasteiger partial charge in [0.05, 0.1) is 7.11 Å². The molecule has 0 saturated carbocycles. The maximum atomic E-state index is 5.36. The summed E-state index contributed by atoms with van der Waals surface area (Å²) >= 11 is 0. The van der Waals surface area contributed by atoms with Gasteiger partial charge in [-0.1, -0.05) is 0 Å². The highest BCUT2D eigenvalue weighted by Crippen LogP contribution is 2.27. The van der Waals surface area contributed by atoms with Crippen LogP contribution in [0.3, 0.4) is 0 Å². The van der Waals surface area contributed by atoms with Crippen molar-refractivity contribution in [2.45, 2.75) is 13.0 Å². The Labute approximate surface area is 96.8 Å². The highest BCUT2D eigenvalue weighted by molar-refractivity contribution is 5.53. The molecular weight excluding hydrogens is 202 g/mol. The van der Waals surface area contributed by atoms with Crippen LogP contribution in [0.2, 0.25) is 0 Å². The maximum Gasteiger partial charge on any atom is 0.171 e. The van der Waals surface area contributed by atoms with E-state index in [0.717, 1.165) is 31.2 Å². The lowest BCUT2D eigenvalue weighted by molar-refractivity contribution is 0.273. The van der Waals surface area contributed by atoms with Gasteiger partial charge in [0, 0.05) is 31.9 Å². The van der Waals surface area contributed by atoms with Crippen molar-refractivity contribution in [3.63, 3.8) is 0 Å². The first-order valence-electron chi connectivity index (χ1n) is 5.66. The zero-order valence-corrected chi connectivity index (χ0v) is 10.2. The molecule has 1 aliphatic heterocycles. The number of hydrogen-bond donors (Lipinski definition) is 0. The van der Waals surface area contributed by atoms with Gasteiger partial charge in [0.25, 0.3) is 0 Å². The van der Waals surface area contributed by atoms with E-state index in [4.69, 9.17) is 4.74 Å². The molecule has 1 atom stereocenters. The van der Waals surface area contributed by atoms with Gasteiger partial charge in [-0.2, -0.15) is 0 Å². The fraction of sp³-hybridized carbons (Fsp3) is 0.583. The van der Waals surface area contributed by atoms with Gasteiger partial charge in [0.15, 0.2) is 11.6 Å². The number of rotatable bonds is 2. The third-order valence-electron chi connectivity index (χ3n) is 3.07. The number of nitrogens with zero attached hydrogens (tertiary/aromatic N) is 3. The molecule has 16 heavy (non-hydrogen) atoms. The largest absolute Gasteiger partial charge is 0.493 e. The summed E-state index contributed by atoms with van der Waals surface area (Å²) in [5, 5.41) is 0. The fourth-order valence-corrected chi connectivity index (χ4v) is 2.21. The molecule has 4 heteroatoms. The molecule has 0 bridgehead atoms. The van der Waals surface area contributed by atoms with Crippen LogP contribution in [0.25, 0.3) is 0 Å². The number of pyridine rings is 1. The summed E-state index contributed by atoms with van der Waals surface area (Å²) in [6, 6.07) is 4.35. The Kier molecular flexibility index (Phi) is 3.29. The molecule has 1 saturated heterocycles. The van der Waals surface area contributed by atoms with Crippen molar-refractivity contribution >= 4 is 5.82 Å². The van der Waals surface area contributed by atoms with Crippen LogP contribution in [0.1, 0.15) is 6.92 Å². The van der Waals surface area contributed by atoms with Gasteiger partial charge in [0.2, 0.25) is 0 Å². The van der Waals surface area contributed by atoms with Crippen molar-refractivity contribution in [2.75, 3.05) is 38.7 Å². The van der Waals surface area contributed by atoms with Gasteiger partial charge in [0.1, 0.15) is 0 Å². The lowest BCUT2D eigenvalue weighted by Crippen LogP contribution is -2.50. The molecule has 2 heterocycles. The van der Waals surface area contributed by atoms with Crippen LogP contribution in [-0.2, 0) is 0 Å². The zero-order valence-electron chi connectivity index (χ0n) is 10.2. The molecule has 88 valence electrons. The smallest absolute Gasteiger partial charge is 0.171 e. The number of aromatic nitrogens is 1. The lowest BCUT2D eigenvalue weighted by atomic mass is 10.2. The lowest BCUT2D eigenvalue weighted by Gasteiger charge is -2.39. The summed E-state index contributed by atoms with van der Waals surface area (Å²) in [6.45, 7) is 5.37. The van der Waals surface area contributed by atoms with E-state index in [1.54, 1.807) is 7.11 Å². The molecule has 0 N–H and O–H groups in total. The minimum atomic E-state index is 0.475. The minimum absolute atomic E-state index is 0.475. The predicted octanol–water partition coefficient (Wildman–Crippen LogP) is 1.23. The van der Waals surface area contributed by atoms with E-state index in [9.17, 15) is 0 Å². The van der Waals surface area contributed by atoms with Crippen molar-refractivity contribution in [2.24, 2.45) is 0 Å². The average Bonchev–Trinajstić information content (AvgIpc) is 2.29. The highest BCUT2D eigenvalue weighted by atomic mass is 16.5. The Bertz CT molecular complexity index is 356. The van der Waals surface area contributed by atoms with Crippen LogP contribution in [0.5, 0.6) is 5.75 Å². The standard InChI is InChI=1S/C12H19N3O/c1-10-9-14(2)7-8-15(10)12-11(16-3)5-4-6-13-12/h4-6,10H,7-9H2,1-3H3/t10-/m0/s1. The van der Waals surface area contributed by atoms with Gasteiger partial charge >= 0.3 is 0 Å². The second kappa shape index (κ2) is 4.70. The van der Waals surface area contributed by atoms with Crippen molar-refractivity contribution < 1.29 is 4.74 Å². The molecule has 0 unspecified atom stereocenters. The molecule has 0 spiro atoms. The minimum Gasteiger partial charge on any atom is -0.493 e. The van der Waals surface area contributed by atoms with E-state index in [0.29, 0.717) is 6.04 Å². The van der Waals surface area contributed by atoms with Gasteiger partial charge in [-0.3, -0.25) is 0 Å². The van der Waals surface area contributed by atoms with Gasteiger partial charge in [-0.15, -0.1) is 0 Å². The van der Waals surface area contributed by atoms with Crippen molar-refractivity contribution in [3.8, 4) is 5.75 Å². The van der Waals surface area contributed by atoms with Crippen molar-refractivity contribution in [1.82, 2.24) is 9.88 Å². The van der Waals surface area contributed by atoms with Gasteiger partial charge in [-0.25, -0.2) is 4.98 Å². The van der Waals surface area contributed by atoms with Crippen LogP contribution >= 0.6 is 0 Å². The Balaban J connectivity index is 2.23. The SMILES string of the molecule is COc1cccnc1N1CCN(C)C[C@@H]1C. The predicted molar refractivity (Wildman–Crippen MR) is 65.1 cm³/mol. The number of ether oxygens (including phenoxy) is 1. The number of piperazine rings is 1. The van der Waals surface area contributed by atoms with E-state index in [1.807, 2.05) is 18.3 Å². The normalized spacial score (nSPS) is 22.2. The second-order valence-corrected chi connectivity index (χ2v) is 4.33. The molecule has 1 aliphatic rings. The van der Waals surface area contributed by atoms with Crippen LogP contribution in [0, 0.1) is 0 Å². The van der Waals surface area contributed by atoms with Crippen LogP contribution in [-0.4, -0.2) is 49.7 Å². The van der Waals surface area contributed by atoms with E-state index >= 15 is 0 Å². The van der Waals surface area contributed by atoms with Crippen LogP contribution < -0.4 is 9.64 Å². The van der Waals surface area contributed by atoms with Crippen molar-refractivity contribution in [1.29, 1.82) is 0 Å². The molecule has 0 aromatic carbocycles. The molecule has 0 amide bonds. The Hall–Kier alpha value is -1.29. The molecular formula is C12H19N3O. The van der Waals surface area contributed by atoms with Crippen LogP contribution in [0.15, 0.2) is 18.3 Å². The van der Waals surface area contributed by atoms with E-state index < -0.39 is 0 Å². The molecule has 1 fully saturated rings. The molecule has 2 rings (SSSR count). The topological polar surface area (TPSA) is 28.6 Å². The molecule has 0 aliphatic carbocycles. The second-order valence-electron chi connectivity index (χ2n) is 4.33. The highest BCUT2D eigenvalue weighted by Gasteiger charge is 2.24. The number of methoxy groups -OCH3 is 1. The summed E-state index contributed by atoms with van der Waals surface area (Å²) in [5.41, 5.74) is 0. The molecule has 0 radical (unpaired) electrons. The maximum absolute atomic E-state index is 5.36. The van der Waals surface area contributed by atoms with Gasteiger partial charge < -0.3 is 14.5 Å². The Morgan fingerprint density at radius 3 is 2.94 bits per heavy atom. The van der Waals surface area contributed by atoms with Crippen molar-refractivity contribution in [3.05, 3.63) is 18.3 Å². The summed E-state index contributed by atoms with van der Waals surface area (Å²) in [7, 11) is 3.85. The number of hydrogen-bond acceptors (Lipinski definition) is 4. The van der Waals surface area contributed by atoms with Crippen LogP contribution in [0.4, 0.5) is 5.82 Å². The van der Waals surface area contributed by atoms with E-state index in [2.05, 4.69) is 28.8 Å². The number of anilines is 1. The molecule has 1 aromatic heterocycles. The fourth-order valence-electron chi connectivity index (χ4n) is 2.21. The van der Waals surface area contributed by atoms with Gasteiger partial charge in [-0.05, 0) is 26.1 Å². The quantitative estimate of drug-likeness (QED) is 0.751. The monoisotopic (exact) mass is 221 g/mol. The summed E-state index contributed by atoms with van der Waals surface area (Å²) < 4.78 is 5.36. The molecule has 1 aromatic rings. The third kappa shape index (κ3) is 2.11. The van der Waals surface area contributed by atoms with E-state index in [-0.39, 0.29) is 0 Å². The first kappa shape index (κ1) is 11.2. The van der Waals surface area contributed by atoms with E-state index in [1.165, 1.54) is 0 Å². The molecule has 4 nitrogen and oxygen atoms in total. The third-order valence-corrected chi connectivity index (χ3v) is 3.07. The average molecular weight is 221 g/mol. The summed E-state index contributed by atoms with van der Waals surface area (Å²) in [6.07, 6.45) is 1.82. The summed E-state index contributed by atoms with van der Waals surface area (Å²) in [4.78, 5) is 9.09. The Morgan fingerprint density at radius 2 is 2.25 bits per heavy atom. The summed E-state index contributed by atoms with van der Waals surface area (Å²) in [5.74, 6) is 1.82. The number of likely N-dealkylation sites (N-methyl/N-ethyl adjacent to an activating group) is 1. The Morgan fingerprint density at radius 1 is 1.44 bits per heavy atom. The zero-order chi connectivity index (χ0) is 11.5. The first-order chi connectivity index (χ1) is 7.72. The first-order valence-corrected chi connectivity index (χ1v) is 5.66.